The van der Waals surface area contributed by atoms with Gasteiger partial charge in [0.1, 0.15) is 11.6 Å². The maximum Gasteiger partial charge on any atom is 0.135 e. The molecule has 3 rings (SSSR count). The number of rotatable bonds is 16. The van der Waals surface area contributed by atoms with Crippen molar-refractivity contribution in [1.82, 2.24) is 4.98 Å². The second-order valence-corrected chi connectivity index (χ2v) is 10.8. The Morgan fingerprint density at radius 2 is 1.36 bits per heavy atom. The van der Waals surface area contributed by atoms with Crippen molar-refractivity contribution < 1.29 is 8.78 Å². The Kier molecular flexibility index (Phi) is 12.7. The van der Waals surface area contributed by atoms with Gasteiger partial charge in [-0.25, -0.2) is 8.78 Å². The molecule has 0 saturated heterocycles. The lowest BCUT2D eigenvalue weighted by Crippen LogP contribution is -2.34. The first-order chi connectivity index (χ1) is 19.0. The van der Waals surface area contributed by atoms with Crippen molar-refractivity contribution in [1.29, 1.82) is 0 Å². The molecular formula is C35H46F2N2. The maximum atomic E-state index is 14.2. The minimum atomic E-state index is -0.608. The average Bonchev–Trinajstić information content (AvgIpc) is 2.95. The van der Waals surface area contributed by atoms with Crippen LogP contribution in [0.25, 0.3) is 23.4 Å². The van der Waals surface area contributed by atoms with Crippen molar-refractivity contribution in [3.63, 3.8) is 0 Å². The number of anilines is 1. The van der Waals surface area contributed by atoms with Gasteiger partial charge < -0.3 is 4.90 Å². The minimum absolute atomic E-state index is 0.296. The highest BCUT2D eigenvalue weighted by Crippen LogP contribution is 2.26. The molecule has 2 unspecified atom stereocenters. The van der Waals surface area contributed by atoms with Crippen molar-refractivity contribution >= 4 is 17.8 Å². The molecule has 210 valence electrons. The van der Waals surface area contributed by atoms with Crippen LogP contribution in [0.2, 0.25) is 0 Å². The monoisotopic (exact) mass is 532 g/mol. The summed E-state index contributed by atoms with van der Waals surface area (Å²) in [7, 11) is 0. The standard InChI is InChI=1S/C35H46F2N2/c1-5-9-11-27(7-3)25-39(26-28(8-4)12-10-6-2)32-18-15-29(16-19-32)13-14-30-21-22-38-35(23-30)33-20-17-31(36)24-34(33)37/h13-24,27-28H,5-12,25-26H2,1-4H3. The zero-order valence-corrected chi connectivity index (χ0v) is 24.3. The number of unbranched alkanes of at least 4 members (excludes halogenated alkanes) is 2. The molecule has 0 N–H and O–H groups in total. The lowest BCUT2D eigenvalue weighted by molar-refractivity contribution is 0.403. The normalized spacial score (nSPS) is 13.1. The van der Waals surface area contributed by atoms with Gasteiger partial charge in [-0.05, 0) is 72.2 Å². The van der Waals surface area contributed by atoms with Crippen LogP contribution >= 0.6 is 0 Å². The first-order valence-corrected chi connectivity index (χ1v) is 14.9. The number of benzene rings is 2. The zero-order valence-electron chi connectivity index (χ0n) is 24.3. The molecule has 39 heavy (non-hydrogen) atoms. The van der Waals surface area contributed by atoms with Crippen molar-refractivity contribution in [3.05, 3.63) is 83.6 Å². The number of aromatic nitrogens is 1. The molecule has 1 heterocycles. The van der Waals surface area contributed by atoms with E-state index >= 15 is 0 Å². The van der Waals surface area contributed by atoms with Crippen LogP contribution in [0, 0.1) is 23.5 Å². The van der Waals surface area contributed by atoms with Gasteiger partial charge in [0.25, 0.3) is 0 Å². The summed E-state index contributed by atoms with van der Waals surface area (Å²) in [6, 6.07) is 16.2. The van der Waals surface area contributed by atoms with E-state index < -0.39 is 11.6 Å². The molecule has 3 aromatic rings. The second-order valence-electron chi connectivity index (χ2n) is 10.8. The summed E-state index contributed by atoms with van der Waals surface area (Å²) in [5, 5.41) is 0. The molecule has 0 radical (unpaired) electrons. The number of halogens is 2. The lowest BCUT2D eigenvalue weighted by atomic mass is 9.95. The molecule has 0 spiro atoms. The molecule has 4 heteroatoms. The van der Waals surface area contributed by atoms with E-state index in [2.05, 4.69) is 67.9 Å². The van der Waals surface area contributed by atoms with Crippen LogP contribution in [-0.4, -0.2) is 18.1 Å². The van der Waals surface area contributed by atoms with E-state index in [0.717, 1.165) is 42.1 Å². The zero-order chi connectivity index (χ0) is 28.0. The van der Waals surface area contributed by atoms with Crippen molar-refractivity contribution in [2.75, 3.05) is 18.0 Å². The van der Waals surface area contributed by atoms with Gasteiger partial charge in [0.2, 0.25) is 0 Å². The third-order valence-corrected chi connectivity index (χ3v) is 7.76. The molecule has 0 bridgehead atoms. The smallest absolute Gasteiger partial charge is 0.135 e. The molecule has 0 aliphatic heterocycles. The highest BCUT2D eigenvalue weighted by Gasteiger charge is 2.17. The van der Waals surface area contributed by atoms with Crippen LogP contribution in [0.15, 0.2) is 60.8 Å². The van der Waals surface area contributed by atoms with Gasteiger partial charge in [0.05, 0.1) is 5.69 Å². The number of hydrogen-bond donors (Lipinski definition) is 0. The molecule has 0 amide bonds. The second kappa shape index (κ2) is 16.2. The summed E-state index contributed by atoms with van der Waals surface area (Å²) < 4.78 is 27.6. The van der Waals surface area contributed by atoms with Gasteiger partial charge >= 0.3 is 0 Å². The number of nitrogens with zero attached hydrogens (tertiary/aromatic N) is 2. The van der Waals surface area contributed by atoms with Crippen LogP contribution < -0.4 is 4.90 Å². The third-order valence-electron chi connectivity index (χ3n) is 7.76. The summed E-state index contributed by atoms with van der Waals surface area (Å²) >= 11 is 0. The summed E-state index contributed by atoms with van der Waals surface area (Å²) in [4.78, 5) is 6.91. The van der Waals surface area contributed by atoms with Crippen LogP contribution in [0.3, 0.4) is 0 Å². The van der Waals surface area contributed by atoms with Gasteiger partial charge in [-0.3, -0.25) is 4.98 Å². The van der Waals surface area contributed by atoms with E-state index in [1.54, 1.807) is 6.20 Å². The van der Waals surface area contributed by atoms with Crippen molar-refractivity contribution in [2.24, 2.45) is 11.8 Å². The fraction of sp³-hybridized carbons (Fsp3) is 0.457. The molecule has 0 aliphatic rings. The lowest BCUT2D eigenvalue weighted by Gasteiger charge is -2.32. The fourth-order valence-corrected chi connectivity index (χ4v) is 5.13. The Labute approximate surface area is 235 Å². The Balaban J connectivity index is 1.76. The quantitative estimate of drug-likeness (QED) is 0.182. The number of pyridine rings is 1. The summed E-state index contributed by atoms with van der Waals surface area (Å²) in [6.07, 6.45) is 15.9. The molecule has 0 aliphatic carbocycles. The van der Waals surface area contributed by atoms with Gasteiger partial charge in [0.15, 0.2) is 0 Å². The molecule has 0 saturated carbocycles. The fourth-order valence-electron chi connectivity index (χ4n) is 5.13. The van der Waals surface area contributed by atoms with Crippen LogP contribution in [0.5, 0.6) is 0 Å². The Morgan fingerprint density at radius 1 is 0.744 bits per heavy atom. The molecular weight excluding hydrogens is 486 g/mol. The Hall–Kier alpha value is -3.01. The van der Waals surface area contributed by atoms with Crippen molar-refractivity contribution in [2.45, 2.75) is 79.1 Å². The minimum Gasteiger partial charge on any atom is -0.371 e. The van der Waals surface area contributed by atoms with Crippen LogP contribution in [0.1, 0.15) is 90.2 Å². The predicted molar refractivity (Wildman–Crippen MR) is 164 cm³/mol. The third kappa shape index (κ3) is 9.60. The number of hydrogen-bond acceptors (Lipinski definition) is 2. The average molecular weight is 533 g/mol. The molecule has 2 nitrogen and oxygen atoms in total. The molecule has 2 aromatic carbocycles. The highest BCUT2D eigenvalue weighted by molar-refractivity contribution is 5.73. The summed E-state index contributed by atoms with van der Waals surface area (Å²) in [6.45, 7) is 11.5. The van der Waals surface area contributed by atoms with E-state index in [1.807, 2.05) is 18.2 Å². The van der Waals surface area contributed by atoms with E-state index in [9.17, 15) is 8.78 Å². The van der Waals surface area contributed by atoms with Crippen LogP contribution in [0.4, 0.5) is 14.5 Å². The van der Waals surface area contributed by atoms with Gasteiger partial charge in [-0.15, -0.1) is 0 Å². The van der Waals surface area contributed by atoms with Gasteiger partial charge in [0, 0.05) is 36.6 Å². The predicted octanol–water partition coefficient (Wildman–Crippen LogP) is 10.4. The van der Waals surface area contributed by atoms with Gasteiger partial charge in [-0.2, -0.15) is 0 Å². The Bertz CT molecular complexity index is 1140. The maximum absolute atomic E-state index is 14.2. The van der Waals surface area contributed by atoms with Crippen LogP contribution in [-0.2, 0) is 0 Å². The molecule has 0 fully saturated rings. The summed E-state index contributed by atoms with van der Waals surface area (Å²) in [5.74, 6) is 0.246. The largest absolute Gasteiger partial charge is 0.371 e. The van der Waals surface area contributed by atoms with E-state index in [-0.39, 0.29) is 0 Å². The highest BCUT2D eigenvalue weighted by atomic mass is 19.1. The van der Waals surface area contributed by atoms with Crippen molar-refractivity contribution in [3.8, 4) is 11.3 Å². The SMILES string of the molecule is CCCCC(CC)CN(CC(CC)CCCC)c1ccc(C=Cc2ccnc(-c3ccc(F)cc3F)c2)cc1. The topological polar surface area (TPSA) is 16.1 Å². The molecule has 2 atom stereocenters. The first kappa shape index (κ1) is 30.5. The van der Waals surface area contributed by atoms with E-state index in [0.29, 0.717) is 11.3 Å². The van der Waals surface area contributed by atoms with Gasteiger partial charge in [-0.1, -0.05) is 90.5 Å². The van der Waals surface area contributed by atoms with E-state index in [4.69, 9.17) is 0 Å². The Morgan fingerprint density at radius 3 is 1.92 bits per heavy atom. The molecule has 1 aromatic heterocycles. The van der Waals surface area contributed by atoms with E-state index in [1.165, 1.54) is 69.2 Å². The first-order valence-electron chi connectivity index (χ1n) is 14.9. The summed E-state index contributed by atoms with van der Waals surface area (Å²) in [5.41, 5.74) is 4.11.